The monoisotopic (exact) mass is 377 g/mol. The van der Waals surface area contributed by atoms with E-state index in [2.05, 4.69) is 31.4 Å². The lowest BCUT2D eigenvalue weighted by Crippen LogP contribution is -2.54. The third-order valence-corrected chi connectivity index (χ3v) is 6.18. The second-order valence-electron chi connectivity index (χ2n) is 8.55. The van der Waals surface area contributed by atoms with Crippen LogP contribution in [0.15, 0.2) is 12.1 Å². The van der Waals surface area contributed by atoms with Crippen molar-refractivity contribution >= 4 is 29.2 Å². The standard InChI is InChI=1S/C19H27N3O3S/c1-12-7-18(3,4)11-19(8-12)16(24)22(17(25)21-19)10-15(23)20-9-14-6-5-13(2)26-14/h5-6,12H,7-11H2,1-4H3,(H,20,23)(H,21,25). The van der Waals surface area contributed by atoms with Gasteiger partial charge in [-0.1, -0.05) is 20.8 Å². The molecule has 1 spiro atoms. The molecular formula is C19H27N3O3S. The summed E-state index contributed by atoms with van der Waals surface area (Å²) in [5, 5.41) is 5.69. The van der Waals surface area contributed by atoms with E-state index in [9.17, 15) is 14.4 Å². The van der Waals surface area contributed by atoms with E-state index in [1.54, 1.807) is 11.3 Å². The van der Waals surface area contributed by atoms with Crippen LogP contribution in [0.4, 0.5) is 4.79 Å². The van der Waals surface area contributed by atoms with E-state index in [4.69, 9.17) is 0 Å². The minimum Gasteiger partial charge on any atom is -0.350 e. The van der Waals surface area contributed by atoms with Gasteiger partial charge in [-0.3, -0.25) is 14.5 Å². The van der Waals surface area contributed by atoms with Crippen molar-refractivity contribution in [3.63, 3.8) is 0 Å². The molecule has 2 N–H and O–H groups in total. The quantitative estimate of drug-likeness (QED) is 0.792. The fourth-order valence-electron chi connectivity index (χ4n) is 4.61. The van der Waals surface area contributed by atoms with Crippen LogP contribution in [-0.2, 0) is 16.1 Å². The first-order valence-corrected chi connectivity index (χ1v) is 9.88. The summed E-state index contributed by atoms with van der Waals surface area (Å²) in [6.07, 6.45) is 2.27. The Kier molecular flexibility index (Phi) is 4.86. The van der Waals surface area contributed by atoms with Gasteiger partial charge in [0.05, 0.1) is 6.54 Å². The summed E-state index contributed by atoms with van der Waals surface area (Å²) >= 11 is 1.62. The molecule has 7 heteroatoms. The fraction of sp³-hybridized carbons (Fsp3) is 0.632. The summed E-state index contributed by atoms with van der Waals surface area (Å²) in [5.74, 6) is -0.234. The van der Waals surface area contributed by atoms with Crippen LogP contribution >= 0.6 is 11.3 Å². The van der Waals surface area contributed by atoms with Gasteiger partial charge in [0.25, 0.3) is 5.91 Å². The molecule has 0 radical (unpaired) electrons. The molecular weight excluding hydrogens is 350 g/mol. The van der Waals surface area contributed by atoms with Crippen molar-refractivity contribution in [3.05, 3.63) is 21.9 Å². The van der Waals surface area contributed by atoms with E-state index < -0.39 is 11.6 Å². The Morgan fingerprint density at radius 2 is 2.08 bits per heavy atom. The average molecular weight is 378 g/mol. The first-order valence-electron chi connectivity index (χ1n) is 9.06. The Morgan fingerprint density at radius 1 is 1.35 bits per heavy atom. The van der Waals surface area contributed by atoms with Crippen molar-refractivity contribution in [2.75, 3.05) is 6.54 Å². The van der Waals surface area contributed by atoms with E-state index in [-0.39, 0.29) is 23.8 Å². The molecule has 26 heavy (non-hydrogen) atoms. The minimum atomic E-state index is -0.858. The van der Waals surface area contributed by atoms with E-state index in [1.807, 2.05) is 19.1 Å². The third-order valence-electron chi connectivity index (χ3n) is 5.18. The molecule has 142 valence electrons. The van der Waals surface area contributed by atoms with Gasteiger partial charge in [-0.15, -0.1) is 11.3 Å². The SMILES string of the molecule is Cc1ccc(CNC(=O)CN2C(=O)NC3(CC(C)CC(C)(C)C3)C2=O)s1. The molecule has 1 aromatic heterocycles. The fourth-order valence-corrected chi connectivity index (χ4v) is 5.45. The molecule has 1 saturated heterocycles. The summed E-state index contributed by atoms with van der Waals surface area (Å²) in [7, 11) is 0. The normalized spacial score (nSPS) is 27.7. The van der Waals surface area contributed by atoms with Crippen LogP contribution in [0.1, 0.15) is 49.8 Å². The summed E-state index contributed by atoms with van der Waals surface area (Å²) < 4.78 is 0. The second kappa shape index (κ2) is 6.68. The number of carbonyl (C=O) groups is 3. The van der Waals surface area contributed by atoms with Crippen LogP contribution in [0.5, 0.6) is 0 Å². The number of thiophene rings is 1. The van der Waals surface area contributed by atoms with E-state index >= 15 is 0 Å². The molecule has 1 aliphatic heterocycles. The molecule has 0 aromatic carbocycles. The van der Waals surface area contributed by atoms with E-state index in [0.717, 1.165) is 16.2 Å². The molecule has 2 heterocycles. The van der Waals surface area contributed by atoms with E-state index in [1.165, 1.54) is 4.88 Å². The van der Waals surface area contributed by atoms with Gasteiger partial charge >= 0.3 is 6.03 Å². The maximum absolute atomic E-state index is 13.0. The third kappa shape index (κ3) is 3.77. The van der Waals surface area contributed by atoms with Gasteiger partial charge in [-0.05, 0) is 49.7 Å². The van der Waals surface area contributed by atoms with Gasteiger partial charge in [0.15, 0.2) is 0 Å². The average Bonchev–Trinajstić information content (AvgIpc) is 3.00. The lowest BCUT2D eigenvalue weighted by atomic mass is 9.64. The van der Waals surface area contributed by atoms with E-state index in [0.29, 0.717) is 25.3 Å². The maximum Gasteiger partial charge on any atom is 0.325 e. The Hall–Kier alpha value is -1.89. The number of amides is 4. The van der Waals surface area contributed by atoms with Crippen molar-refractivity contribution in [2.45, 2.75) is 59.0 Å². The molecule has 4 amide bonds. The van der Waals surface area contributed by atoms with Gasteiger partial charge < -0.3 is 10.6 Å². The Balaban J connectivity index is 1.64. The number of carbonyl (C=O) groups excluding carboxylic acids is 3. The van der Waals surface area contributed by atoms with Gasteiger partial charge in [0.1, 0.15) is 12.1 Å². The van der Waals surface area contributed by atoms with Gasteiger partial charge in [0, 0.05) is 9.75 Å². The predicted octanol–water partition coefficient (Wildman–Crippen LogP) is 2.81. The number of urea groups is 1. The largest absolute Gasteiger partial charge is 0.350 e. The first-order chi connectivity index (χ1) is 12.1. The number of nitrogens with one attached hydrogen (secondary N) is 2. The van der Waals surface area contributed by atoms with Gasteiger partial charge in [-0.25, -0.2) is 4.79 Å². The number of rotatable bonds is 4. The topological polar surface area (TPSA) is 78.5 Å². The second-order valence-corrected chi connectivity index (χ2v) is 9.92. The molecule has 2 aliphatic rings. The Labute approximate surface area is 158 Å². The van der Waals surface area contributed by atoms with Crippen LogP contribution in [0.3, 0.4) is 0 Å². The van der Waals surface area contributed by atoms with Crippen LogP contribution in [0.25, 0.3) is 0 Å². The number of hydrogen-bond donors (Lipinski definition) is 2. The minimum absolute atomic E-state index is 0.0179. The zero-order chi connectivity index (χ0) is 19.1. The van der Waals surface area contributed by atoms with Crippen LogP contribution in [0.2, 0.25) is 0 Å². The highest BCUT2D eigenvalue weighted by Gasteiger charge is 2.56. The predicted molar refractivity (Wildman–Crippen MR) is 101 cm³/mol. The van der Waals surface area contributed by atoms with Crippen LogP contribution in [-0.4, -0.2) is 34.8 Å². The Morgan fingerprint density at radius 3 is 2.69 bits per heavy atom. The van der Waals surface area contributed by atoms with Crippen molar-refractivity contribution in [3.8, 4) is 0 Å². The highest BCUT2D eigenvalue weighted by Crippen LogP contribution is 2.46. The van der Waals surface area contributed by atoms with Gasteiger partial charge in [0.2, 0.25) is 5.91 Å². The van der Waals surface area contributed by atoms with Gasteiger partial charge in [-0.2, -0.15) is 0 Å². The molecule has 2 unspecified atom stereocenters. The van der Waals surface area contributed by atoms with Crippen molar-refractivity contribution in [1.29, 1.82) is 0 Å². The zero-order valence-corrected chi connectivity index (χ0v) is 16.7. The molecule has 1 aromatic rings. The molecule has 2 atom stereocenters. The summed E-state index contributed by atoms with van der Waals surface area (Å²) in [4.78, 5) is 41.0. The molecule has 2 fully saturated rings. The highest BCUT2D eigenvalue weighted by atomic mass is 32.1. The summed E-state index contributed by atoms with van der Waals surface area (Å²) in [6, 6.07) is 3.51. The number of nitrogens with zero attached hydrogens (tertiary/aromatic N) is 1. The lowest BCUT2D eigenvalue weighted by Gasteiger charge is -2.43. The number of aryl methyl sites for hydroxylation is 1. The van der Waals surface area contributed by atoms with Crippen LogP contribution < -0.4 is 10.6 Å². The smallest absolute Gasteiger partial charge is 0.325 e. The van der Waals surface area contributed by atoms with Crippen molar-refractivity contribution in [2.24, 2.45) is 11.3 Å². The molecule has 6 nitrogen and oxygen atoms in total. The van der Waals surface area contributed by atoms with Crippen molar-refractivity contribution < 1.29 is 14.4 Å². The van der Waals surface area contributed by atoms with Crippen molar-refractivity contribution in [1.82, 2.24) is 15.5 Å². The summed E-state index contributed by atoms with van der Waals surface area (Å²) in [5.41, 5.74) is -0.876. The molecule has 3 rings (SSSR count). The maximum atomic E-state index is 13.0. The highest BCUT2D eigenvalue weighted by molar-refractivity contribution is 7.11. The van der Waals surface area contributed by atoms with Crippen LogP contribution in [0, 0.1) is 18.3 Å². The Bertz CT molecular complexity index is 742. The number of hydrogen-bond acceptors (Lipinski definition) is 4. The molecule has 0 bridgehead atoms. The zero-order valence-electron chi connectivity index (χ0n) is 15.8. The summed E-state index contributed by atoms with van der Waals surface area (Å²) in [6.45, 7) is 8.56. The number of imide groups is 1. The lowest BCUT2D eigenvalue weighted by molar-refractivity contribution is -0.137. The first kappa shape index (κ1) is 18.9. The molecule has 1 aliphatic carbocycles. The molecule has 1 saturated carbocycles.